The zero-order valence-corrected chi connectivity index (χ0v) is 14.7. The van der Waals surface area contributed by atoms with Crippen LogP contribution in [0.3, 0.4) is 0 Å². The third-order valence-corrected chi connectivity index (χ3v) is 4.95. The molecule has 0 spiro atoms. The minimum Gasteiger partial charge on any atom is -0.457 e. The first kappa shape index (κ1) is 18.2. The van der Waals surface area contributed by atoms with Gasteiger partial charge in [0.25, 0.3) is 0 Å². The normalized spacial score (nSPS) is 10.2. The summed E-state index contributed by atoms with van der Waals surface area (Å²) in [5.74, 6) is 0.113. The van der Waals surface area contributed by atoms with Gasteiger partial charge >= 0.3 is 5.97 Å². The predicted octanol–water partition coefficient (Wildman–Crippen LogP) is 3.37. The zero-order valence-electron chi connectivity index (χ0n) is 13.1. The van der Waals surface area contributed by atoms with Crippen LogP contribution in [-0.4, -0.2) is 30.0 Å². The van der Waals surface area contributed by atoms with Gasteiger partial charge in [-0.25, -0.2) is 0 Å². The lowest BCUT2D eigenvalue weighted by Gasteiger charge is -2.06. The number of benzene rings is 1. The third-order valence-electron chi connectivity index (χ3n) is 2.94. The second kappa shape index (κ2) is 9.24. The monoisotopic (exact) mass is 363 g/mol. The molecule has 0 saturated carbocycles. The van der Waals surface area contributed by atoms with E-state index in [4.69, 9.17) is 4.74 Å². The Morgan fingerprint density at radius 1 is 1.17 bits per heavy atom. The number of Topliss-reactive ketones (excluding diaryl/α,β-unsaturated/α-hetero) is 1. The molecule has 1 N–H and O–H groups in total. The van der Waals surface area contributed by atoms with Crippen molar-refractivity contribution in [3.63, 3.8) is 0 Å². The van der Waals surface area contributed by atoms with Crippen molar-refractivity contribution in [3.05, 3.63) is 52.2 Å². The number of carbonyl (C=O) groups excluding carboxylic acids is 3. The molecule has 0 atom stereocenters. The molecule has 5 nitrogen and oxygen atoms in total. The number of esters is 1. The molecule has 1 heterocycles. The number of hydrogen-bond acceptors (Lipinski definition) is 6. The molecule has 2 rings (SSSR count). The zero-order chi connectivity index (χ0) is 17.4. The van der Waals surface area contributed by atoms with Gasteiger partial charge in [0.2, 0.25) is 5.91 Å². The molecular formula is C17H17NO4S2. The van der Waals surface area contributed by atoms with Crippen molar-refractivity contribution < 1.29 is 19.1 Å². The number of hydrogen-bond donors (Lipinski definition) is 1. The van der Waals surface area contributed by atoms with Gasteiger partial charge in [-0.05, 0) is 35.7 Å². The van der Waals surface area contributed by atoms with E-state index in [1.54, 1.807) is 35.6 Å². The molecule has 1 aromatic heterocycles. The number of nitrogens with one attached hydrogen (secondary N) is 1. The van der Waals surface area contributed by atoms with E-state index in [-0.39, 0.29) is 24.1 Å². The van der Waals surface area contributed by atoms with E-state index >= 15 is 0 Å². The van der Waals surface area contributed by atoms with Crippen molar-refractivity contribution in [1.82, 2.24) is 0 Å². The van der Waals surface area contributed by atoms with Gasteiger partial charge in [-0.15, -0.1) is 23.1 Å². The SMILES string of the molecule is CC(=O)Nc1ccc(C(=O)COC(=O)CSCc2cccs2)cc1. The molecule has 2 aromatic rings. The number of carbonyl (C=O) groups is 3. The van der Waals surface area contributed by atoms with Gasteiger partial charge in [-0.3, -0.25) is 14.4 Å². The summed E-state index contributed by atoms with van der Waals surface area (Å²) in [5.41, 5.74) is 1.05. The molecule has 0 bridgehead atoms. The molecule has 7 heteroatoms. The van der Waals surface area contributed by atoms with Crippen LogP contribution < -0.4 is 5.32 Å². The van der Waals surface area contributed by atoms with Crippen LogP contribution in [0.5, 0.6) is 0 Å². The lowest BCUT2D eigenvalue weighted by Crippen LogP contribution is -2.15. The average Bonchev–Trinajstić information content (AvgIpc) is 3.06. The fraction of sp³-hybridized carbons (Fsp3) is 0.235. The molecule has 0 fully saturated rings. The van der Waals surface area contributed by atoms with Crippen LogP contribution >= 0.6 is 23.1 Å². The van der Waals surface area contributed by atoms with Crippen molar-refractivity contribution in [2.75, 3.05) is 17.7 Å². The highest BCUT2D eigenvalue weighted by atomic mass is 32.2. The molecule has 0 radical (unpaired) electrons. The van der Waals surface area contributed by atoms with Crippen LogP contribution in [-0.2, 0) is 20.1 Å². The largest absolute Gasteiger partial charge is 0.457 e. The first-order valence-corrected chi connectivity index (χ1v) is 9.24. The van der Waals surface area contributed by atoms with Crippen molar-refractivity contribution in [1.29, 1.82) is 0 Å². The predicted molar refractivity (Wildman–Crippen MR) is 96.5 cm³/mol. The second-order valence-electron chi connectivity index (χ2n) is 4.91. The van der Waals surface area contributed by atoms with Crippen molar-refractivity contribution in [2.45, 2.75) is 12.7 Å². The number of ether oxygens (including phenoxy) is 1. The Labute approximate surface area is 148 Å². The quantitative estimate of drug-likeness (QED) is 0.575. The maximum Gasteiger partial charge on any atom is 0.316 e. The molecular weight excluding hydrogens is 346 g/mol. The summed E-state index contributed by atoms with van der Waals surface area (Å²) < 4.78 is 5.00. The summed E-state index contributed by atoms with van der Waals surface area (Å²) in [6, 6.07) is 10.4. The van der Waals surface area contributed by atoms with Crippen LogP contribution in [0.25, 0.3) is 0 Å². The minimum absolute atomic E-state index is 0.178. The third kappa shape index (κ3) is 6.17. The molecule has 0 aliphatic heterocycles. The number of thioether (sulfide) groups is 1. The highest BCUT2D eigenvalue weighted by molar-refractivity contribution is 7.99. The van der Waals surface area contributed by atoms with E-state index in [0.29, 0.717) is 11.3 Å². The van der Waals surface area contributed by atoms with Crippen molar-refractivity contribution >= 4 is 46.4 Å². The highest BCUT2D eigenvalue weighted by Gasteiger charge is 2.10. The summed E-state index contributed by atoms with van der Waals surface area (Å²) in [5, 5.41) is 4.61. The topological polar surface area (TPSA) is 72.5 Å². The molecule has 0 unspecified atom stereocenters. The summed E-state index contributed by atoms with van der Waals surface area (Å²) in [7, 11) is 0. The number of thiophene rings is 1. The van der Waals surface area contributed by atoms with Crippen LogP contribution in [0.15, 0.2) is 41.8 Å². The smallest absolute Gasteiger partial charge is 0.316 e. The van der Waals surface area contributed by atoms with E-state index in [1.165, 1.54) is 23.6 Å². The van der Waals surface area contributed by atoms with Gasteiger partial charge in [0, 0.05) is 28.8 Å². The summed E-state index contributed by atoms with van der Waals surface area (Å²) in [4.78, 5) is 35.7. The Kier molecular flexibility index (Phi) is 7.02. The van der Waals surface area contributed by atoms with Crippen molar-refractivity contribution in [3.8, 4) is 0 Å². The molecule has 24 heavy (non-hydrogen) atoms. The van der Waals surface area contributed by atoms with Gasteiger partial charge < -0.3 is 10.1 Å². The second-order valence-corrected chi connectivity index (χ2v) is 6.93. The van der Waals surface area contributed by atoms with Crippen molar-refractivity contribution in [2.24, 2.45) is 0 Å². The maximum atomic E-state index is 12.0. The van der Waals surface area contributed by atoms with Crippen LogP contribution in [0.2, 0.25) is 0 Å². The van der Waals surface area contributed by atoms with Gasteiger partial charge in [0.15, 0.2) is 12.4 Å². The molecule has 0 aliphatic carbocycles. The fourth-order valence-electron chi connectivity index (χ4n) is 1.84. The lowest BCUT2D eigenvalue weighted by molar-refractivity contribution is -0.139. The Hall–Kier alpha value is -2.12. The van der Waals surface area contributed by atoms with Gasteiger partial charge in [-0.2, -0.15) is 0 Å². The highest BCUT2D eigenvalue weighted by Crippen LogP contribution is 2.17. The average molecular weight is 363 g/mol. The summed E-state index contributed by atoms with van der Waals surface area (Å²) in [6.07, 6.45) is 0. The van der Waals surface area contributed by atoms with E-state index in [1.807, 2.05) is 17.5 Å². The number of anilines is 1. The molecule has 0 aliphatic rings. The first-order valence-electron chi connectivity index (χ1n) is 7.21. The molecule has 0 saturated heterocycles. The standard InChI is InChI=1S/C17H17NO4S2/c1-12(19)18-14-6-4-13(5-7-14)16(20)9-22-17(21)11-23-10-15-3-2-8-24-15/h2-8H,9-11H2,1H3,(H,18,19). The van der Waals surface area contributed by atoms with E-state index in [0.717, 1.165) is 5.75 Å². The fourth-order valence-corrected chi connectivity index (χ4v) is 3.50. The maximum absolute atomic E-state index is 12.0. The number of amides is 1. The first-order chi connectivity index (χ1) is 11.5. The van der Waals surface area contributed by atoms with Crippen LogP contribution in [0.1, 0.15) is 22.2 Å². The Balaban J connectivity index is 1.71. The van der Waals surface area contributed by atoms with Crippen LogP contribution in [0.4, 0.5) is 5.69 Å². The van der Waals surface area contributed by atoms with Crippen LogP contribution in [0, 0.1) is 0 Å². The van der Waals surface area contributed by atoms with Gasteiger partial charge in [0.05, 0.1) is 5.75 Å². The van der Waals surface area contributed by atoms with Gasteiger partial charge in [-0.1, -0.05) is 6.07 Å². The Bertz CT molecular complexity index is 696. The Morgan fingerprint density at radius 2 is 1.92 bits per heavy atom. The van der Waals surface area contributed by atoms with E-state index in [9.17, 15) is 14.4 Å². The van der Waals surface area contributed by atoms with E-state index < -0.39 is 5.97 Å². The Morgan fingerprint density at radius 3 is 2.54 bits per heavy atom. The van der Waals surface area contributed by atoms with Gasteiger partial charge in [0.1, 0.15) is 0 Å². The summed E-state index contributed by atoms with van der Waals surface area (Å²) >= 11 is 3.10. The molecule has 1 amide bonds. The lowest BCUT2D eigenvalue weighted by atomic mass is 10.1. The molecule has 1 aromatic carbocycles. The number of ketones is 1. The van der Waals surface area contributed by atoms with E-state index in [2.05, 4.69) is 5.32 Å². The molecule has 126 valence electrons. The number of rotatable bonds is 8. The summed E-state index contributed by atoms with van der Waals surface area (Å²) in [6.45, 7) is 1.13. The minimum atomic E-state index is -0.403.